The third-order valence-corrected chi connectivity index (χ3v) is 8.85. The summed E-state index contributed by atoms with van der Waals surface area (Å²) in [5.41, 5.74) is -1.54. The van der Waals surface area contributed by atoms with Crippen molar-refractivity contribution in [3.63, 3.8) is 0 Å². The molecule has 2 aliphatic rings. The smallest absolute Gasteiger partial charge is 0.416 e. The van der Waals surface area contributed by atoms with Gasteiger partial charge in [-0.05, 0) is 43.5 Å². The minimum atomic E-state index is -4.76. The fourth-order valence-electron chi connectivity index (χ4n) is 6.36. The highest BCUT2D eigenvalue weighted by Crippen LogP contribution is 2.37. The molecule has 2 heterocycles. The number of hydrogen-bond donors (Lipinski definition) is 3. The standard InChI is InChI=1S/C32H35F5N4O7/c1-16-21(33)11-19(12-22(16)34)23-14-41(39-38-23)27-28(45)26(15-42)48-30(29(27)47-17(2)43)31(46)40(24-9-5-6-10-25(24)44)13-18-7-3-4-8-20(18)32(35,36)37/h3-4,7-8,11-12,14,24-30,42,44-45H,5-6,9-10,13,15H2,1-2H3/t24-,25-,26?,27?,28?,29?,30?/m0/s1. The first-order valence-corrected chi connectivity index (χ1v) is 15.3. The second-order valence-electron chi connectivity index (χ2n) is 12.0. The zero-order valence-electron chi connectivity index (χ0n) is 26.0. The summed E-state index contributed by atoms with van der Waals surface area (Å²) in [6.07, 6.45) is -9.63. The Morgan fingerprint density at radius 2 is 1.77 bits per heavy atom. The molecule has 0 bridgehead atoms. The number of amides is 1. The van der Waals surface area contributed by atoms with Crippen molar-refractivity contribution in [1.29, 1.82) is 0 Å². The molecule has 2 aromatic carbocycles. The van der Waals surface area contributed by atoms with Crippen molar-refractivity contribution >= 4 is 11.9 Å². The van der Waals surface area contributed by atoms with Crippen LogP contribution in [0, 0.1) is 18.6 Å². The van der Waals surface area contributed by atoms with Crippen LogP contribution in [0.25, 0.3) is 11.3 Å². The fourth-order valence-corrected chi connectivity index (χ4v) is 6.36. The van der Waals surface area contributed by atoms with Crippen LogP contribution >= 0.6 is 0 Å². The number of alkyl halides is 3. The second kappa shape index (κ2) is 14.2. The number of aliphatic hydroxyl groups is 3. The summed E-state index contributed by atoms with van der Waals surface area (Å²) in [4.78, 5) is 28.0. The molecule has 260 valence electrons. The van der Waals surface area contributed by atoms with Crippen molar-refractivity contribution in [2.24, 2.45) is 0 Å². The maximum atomic E-state index is 14.5. The molecule has 16 heteroatoms. The number of aliphatic hydroxyl groups excluding tert-OH is 3. The lowest BCUT2D eigenvalue weighted by Gasteiger charge is -2.46. The highest BCUT2D eigenvalue weighted by molar-refractivity contribution is 5.83. The first kappa shape index (κ1) is 35.3. The molecule has 5 unspecified atom stereocenters. The summed E-state index contributed by atoms with van der Waals surface area (Å²) in [5.74, 6) is -3.60. The van der Waals surface area contributed by atoms with E-state index in [0.29, 0.717) is 12.8 Å². The summed E-state index contributed by atoms with van der Waals surface area (Å²) >= 11 is 0. The van der Waals surface area contributed by atoms with Crippen molar-refractivity contribution in [2.45, 2.75) is 94.9 Å². The van der Waals surface area contributed by atoms with Crippen LogP contribution in [-0.2, 0) is 31.8 Å². The molecule has 1 aromatic heterocycles. The molecule has 3 N–H and O–H groups in total. The number of benzene rings is 2. The highest BCUT2D eigenvalue weighted by atomic mass is 19.4. The zero-order chi connectivity index (χ0) is 34.9. The van der Waals surface area contributed by atoms with Crippen LogP contribution in [0.3, 0.4) is 0 Å². The van der Waals surface area contributed by atoms with Crippen LogP contribution in [0.4, 0.5) is 22.0 Å². The molecule has 1 saturated heterocycles. The Bertz CT molecular complexity index is 1610. The van der Waals surface area contributed by atoms with E-state index in [0.717, 1.165) is 34.7 Å². The van der Waals surface area contributed by atoms with Gasteiger partial charge in [-0.2, -0.15) is 13.2 Å². The molecular weight excluding hydrogens is 647 g/mol. The molecule has 1 aliphatic carbocycles. The summed E-state index contributed by atoms with van der Waals surface area (Å²) < 4.78 is 83.0. The number of nitrogens with zero attached hydrogens (tertiary/aromatic N) is 4. The van der Waals surface area contributed by atoms with E-state index >= 15 is 0 Å². The maximum Gasteiger partial charge on any atom is 0.416 e. The van der Waals surface area contributed by atoms with E-state index in [2.05, 4.69) is 10.3 Å². The average molecular weight is 683 g/mol. The van der Waals surface area contributed by atoms with E-state index in [1.165, 1.54) is 31.3 Å². The van der Waals surface area contributed by atoms with Gasteiger partial charge in [-0.15, -0.1) is 5.10 Å². The van der Waals surface area contributed by atoms with Crippen LogP contribution in [0.15, 0.2) is 42.6 Å². The average Bonchev–Trinajstić information content (AvgIpc) is 3.52. The van der Waals surface area contributed by atoms with Crippen LogP contribution in [-0.4, -0.2) is 90.3 Å². The molecule has 11 nitrogen and oxygen atoms in total. The van der Waals surface area contributed by atoms with Gasteiger partial charge in [-0.25, -0.2) is 13.5 Å². The third kappa shape index (κ3) is 7.21. The summed E-state index contributed by atoms with van der Waals surface area (Å²) in [7, 11) is 0. The van der Waals surface area contributed by atoms with Gasteiger partial charge in [0, 0.05) is 24.6 Å². The van der Waals surface area contributed by atoms with Gasteiger partial charge in [0.1, 0.15) is 35.6 Å². The van der Waals surface area contributed by atoms with Crippen LogP contribution in [0.1, 0.15) is 55.3 Å². The Balaban J connectivity index is 1.57. The molecule has 1 aliphatic heterocycles. The van der Waals surface area contributed by atoms with Gasteiger partial charge in [0.25, 0.3) is 5.91 Å². The molecule has 0 radical (unpaired) electrons. The molecule has 2 fully saturated rings. The van der Waals surface area contributed by atoms with Gasteiger partial charge in [0.05, 0.1) is 30.5 Å². The van der Waals surface area contributed by atoms with E-state index in [1.54, 1.807) is 0 Å². The minimum absolute atomic E-state index is 0.0143. The summed E-state index contributed by atoms with van der Waals surface area (Å²) in [6, 6.07) is 4.28. The molecule has 7 atom stereocenters. The first-order chi connectivity index (χ1) is 22.7. The molecule has 0 spiro atoms. The van der Waals surface area contributed by atoms with Crippen molar-refractivity contribution in [3.05, 3.63) is 70.9 Å². The van der Waals surface area contributed by atoms with Gasteiger partial charge in [0.2, 0.25) is 0 Å². The first-order valence-electron chi connectivity index (χ1n) is 15.3. The monoisotopic (exact) mass is 682 g/mol. The van der Waals surface area contributed by atoms with Crippen molar-refractivity contribution in [2.75, 3.05) is 6.61 Å². The highest BCUT2D eigenvalue weighted by Gasteiger charge is 2.53. The van der Waals surface area contributed by atoms with Crippen molar-refractivity contribution < 1.29 is 56.3 Å². The van der Waals surface area contributed by atoms with Crippen LogP contribution in [0.2, 0.25) is 0 Å². The van der Waals surface area contributed by atoms with Gasteiger partial charge in [-0.3, -0.25) is 9.59 Å². The van der Waals surface area contributed by atoms with E-state index < -0.39 is 91.0 Å². The lowest BCUT2D eigenvalue weighted by molar-refractivity contribution is -0.223. The van der Waals surface area contributed by atoms with E-state index in [-0.39, 0.29) is 35.2 Å². The molecule has 5 rings (SSSR count). The van der Waals surface area contributed by atoms with Gasteiger partial charge in [-0.1, -0.05) is 36.3 Å². The molecule has 3 aromatic rings. The third-order valence-electron chi connectivity index (χ3n) is 8.85. The van der Waals surface area contributed by atoms with E-state index in [1.807, 2.05) is 0 Å². The Morgan fingerprint density at radius 1 is 1.10 bits per heavy atom. The Labute approximate surface area is 271 Å². The number of halogens is 5. The van der Waals surface area contributed by atoms with E-state index in [4.69, 9.17) is 9.47 Å². The summed E-state index contributed by atoms with van der Waals surface area (Å²) in [5, 5.41) is 40.3. The van der Waals surface area contributed by atoms with Gasteiger partial charge < -0.3 is 29.7 Å². The predicted molar refractivity (Wildman–Crippen MR) is 157 cm³/mol. The largest absolute Gasteiger partial charge is 0.457 e. The second-order valence-corrected chi connectivity index (χ2v) is 12.0. The molecule has 48 heavy (non-hydrogen) atoms. The normalized spacial score (nSPS) is 26.2. The fraction of sp³-hybridized carbons (Fsp3) is 0.500. The Hall–Kier alpha value is -3.99. The number of hydrogen-bond acceptors (Lipinski definition) is 9. The zero-order valence-corrected chi connectivity index (χ0v) is 26.0. The van der Waals surface area contributed by atoms with Gasteiger partial charge >= 0.3 is 12.1 Å². The number of carbonyl (C=O) groups is 2. The topological polar surface area (TPSA) is 147 Å². The molecular formula is C32H35F5N4O7. The summed E-state index contributed by atoms with van der Waals surface area (Å²) in [6.45, 7) is 0.831. The Morgan fingerprint density at radius 3 is 2.40 bits per heavy atom. The number of ether oxygens (including phenoxy) is 2. The van der Waals surface area contributed by atoms with E-state index in [9.17, 15) is 46.9 Å². The van der Waals surface area contributed by atoms with Crippen molar-refractivity contribution in [1.82, 2.24) is 19.9 Å². The quantitative estimate of drug-likeness (QED) is 0.240. The lowest BCUT2D eigenvalue weighted by atomic mass is 9.88. The molecule has 1 saturated carbocycles. The molecule has 1 amide bonds. The number of carbonyl (C=O) groups excluding carboxylic acids is 2. The number of aromatic nitrogens is 3. The van der Waals surface area contributed by atoms with Crippen LogP contribution < -0.4 is 0 Å². The predicted octanol–water partition coefficient (Wildman–Crippen LogP) is 3.48. The number of esters is 1. The lowest BCUT2D eigenvalue weighted by Crippen LogP contribution is -2.63. The SMILES string of the molecule is CC(=O)OC1C(C(=O)N(Cc2ccccc2C(F)(F)F)[C@H]2CCCC[C@@H]2O)OC(CO)C(O)C1n1cc(-c2cc(F)c(C)c(F)c2)nn1. The number of rotatable bonds is 8. The maximum absolute atomic E-state index is 14.5. The van der Waals surface area contributed by atoms with Crippen molar-refractivity contribution in [3.8, 4) is 11.3 Å². The minimum Gasteiger partial charge on any atom is -0.457 e. The Kier molecular flexibility index (Phi) is 10.5. The van der Waals surface area contributed by atoms with Gasteiger partial charge in [0.15, 0.2) is 12.2 Å². The van der Waals surface area contributed by atoms with Crippen LogP contribution in [0.5, 0.6) is 0 Å².